The van der Waals surface area contributed by atoms with Crippen LogP contribution in [-0.4, -0.2) is 31.4 Å². The Morgan fingerprint density at radius 2 is 2.15 bits per heavy atom. The van der Waals surface area contributed by atoms with Crippen molar-refractivity contribution in [3.63, 3.8) is 0 Å². The highest BCUT2D eigenvalue weighted by molar-refractivity contribution is 7.99. The Labute approximate surface area is 156 Å². The van der Waals surface area contributed by atoms with Crippen LogP contribution in [0.4, 0.5) is 0 Å². The van der Waals surface area contributed by atoms with Crippen LogP contribution in [0.2, 0.25) is 0 Å². The third-order valence-electron chi connectivity index (χ3n) is 3.85. The molecular formula is C18H21N5O2S. The first-order chi connectivity index (χ1) is 12.4. The molecule has 0 aliphatic rings. The molecule has 0 saturated heterocycles. The van der Waals surface area contributed by atoms with E-state index in [1.807, 2.05) is 17.7 Å². The Morgan fingerprint density at radius 1 is 1.35 bits per heavy atom. The number of carbonyl (C=O) groups is 1. The van der Waals surface area contributed by atoms with E-state index in [-0.39, 0.29) is 17.7 Å². The summed E-state index contributed by atoms with van der Waals surface area (Å²) in [6.07, 6.45) is 3.65. The van der Waals surface area contributed by atoms with E-state index >= 15 is 0 Å². The van der Waals surface area contributed by atoms with Crippen LogP contribution in [0.5, 0.6) is 0 Å². The average molecular weight is 371 g/mol. The third-order valence-corrected chi connectivity index (χ3v) is 4.82. The van der Waals surface area contributed by atoms with Gasteiger partial charge in [-0.05, 0) is 44.9 Å². The lowest BCUT2D eigenvalue weighted by Crippen LogP contribution is -2.28. The van der Waals surface area contributed by atoms with Crippen molar-refractivity contribution in [3.8, 4) is 5.69 Å². The first kappa shape index (κ1) is 18.2. The van der Waals surface area contributed by atoms with Crippen LogP contribution >= 0.6 is 11.8 Å². The van der Waals surface area contributed by atoms with Crippen LogP contribution in [0.1, 0.15) is 35.8 Å². The van der Waals surface area contributed by atoms with Crippen LogP contribution in [0.25, 0.3) is 5.69 Å². The molecule has 3 rings (SSSR count). The number of hydrogen-bond donors (Lipinski definition) is 1. The molecule has 0 aliphatic heterocycles. The Bertz CT molecular complexity index is 918. The number of nitrogens with one attached hydrogen (secondary N) is 1. The van der Waals surface area contributed by atoms with E-state index in [1.54, 1.807) is 13.1 Å². The first-order valence-corrected chi connectivity index (χ1v) is 9.26. The Morgan fingerprint density at radius 3 is 2.88 bits per heavy atom. The maximum atomic E-state index is 12.2. The smallest absolute Gasteiger partial charge is 0.248 e. The molecule has 136 valence electrons. The Balaban J connectivity index is 1.64. The summed E-state index contributed by atoms with van der Waals surface area (Å²) in [4.78, 5) is 20.7. The molecule has 8 heteroatoms. The van der Waals surface area contributed by atoms with Gasteiger partial charge in [0.05, 0.1) is 11.4 Å². The lowest BCUT2D eigenvalue weighted by atomic mass is 10.1. The van der Waals surface area contributed by atoms with Gasteiger partial charge >= 0.3 is 0 Å². The van der Waals surface area contributed by atoms with Crippen molar-refractivity contribution >= 4 is 17.7 Å². The molecule has 0 saturated carbocycles. The van der Waals surface area contributed by atoms with E-state index in [4.69, 9.17) is 4.52 Å². The molecule has 1 amide bonds. The van der Waals surface area contributed by atoms with Gasteiger partial charge in [-0.1, -0.05) is 29.1 Å². The number of imidazole rings is 1. The maximum Gasteiger partial charge on any atom is 0.248 e. The molecule has 1 aromatic carbocycles. The highest BCUT2D eigenvalue weighted by Gasteiger charge is 2.17. The standard InChI is InChI=1S/C18H21N5O2S/c1-11-5-6-12(2)15(9-11)23-8-7-19-18(23)26-10-16(24)20-13(3)17-21-14(4)22-25-17/h5-9,13H,10H2,1-4H3,(H,20,24). The lowest BCUT2D eigenvalue weighted by Gasteiger charge is -2.12. The van der Waals surface area contributed by atoms with Gasteiger partial charge in [-0.15, -0.1) is 0 Å². The summed E-state index contributed by atoms with van der Waals surface area (Å²) < 4.78 is 7.08. The van der Waals surface area contributed by atoms with Gasteiger partial charge in [0.25, 0.3) is 0 Å². The Kier molecular flexibility index (Phi) is 5.41. The SMILES string of the molecule is Cc1ccc(C)c(-n2ccnc2SCC(=O)NC(C)c2nc(C)no2)c1. The molecule has 26 heavy (non-hydrogen) atoms. The van der Waals surface area contributed by atoms with Crippen molar-refractivity contribution in [3.05, 3.63) is 53.4 Å². The van der Waals surface area contributed by atoms with Gasteiger partial charge in [0.1, 0.15) is 6.04 Å². The van der Waals surface area contributed by atoms with E-state index in [0.29, 0.717) is 11.7 Å². The minimum Gasteiger partial charge on any atom is -0.344 e. The maximum absolute atomic E-state index is 12.2. The second-order valence-corrected chi connectivity index (χ2v) is 7.07. The van der Waals surface area contributed by atoms with Gasteiger partial charge in [0.15, 0.2) is 11.0 Å². The zero-order valence-corrected chi connectivity index (χ0v) is 16.0. The summed E-state index contributed by atoms with van der Waals surface area (Å²) >= 11 is 1.39. The number of aromatic nitrogens is 4. The van der Waals surface area contributed by atoms with E-state index in [9.17, 15) is 4.79 Å². The van der Waals surface area contributed by atoms with Gasteiger partial charge in [-0.25, -0.2) is 4.98 Å². The number of thioether (sulfide) groups is 1. The Hall–Kier alpha value is -2.61. The predicted octanol–water partition coefficient (Wildman–Crippen LogP) is 3.15. The van der Waals surface area contributed by atoms with Crippen molar-refractivity contribution < 1.29 is 9.32 Å². The molecule has 0 bridgehead atoms. The van der Waals surface area contributed by atoms with Crippen LogP contribution in [0.3, 0.4) is 0 Å². The third kappa shape index (κ3) is 4.13. The lowest BCUT2D eigenvalue weighted by molar-refractivity contribution is -0.119. The fourth-order valence-corrected chi connectivity index (χ4v) is 3.30. The minimum absolute atomic E-state index is 0.117. The average Bonchev–Trinajstić information content (AvgIpc) is 3.24. The molecule has 1 N–H and O–H groups in total. The highest BCUT2D eigenvalue weighted by Crippen LogP contribution is 2.23. The summed E-state index contributed by atoms with van der Waals surface area (Å²) in [6, 6.07) is 5.94. The summed E-state index contributed by atoms with van der Waals surface area (Å²) in [5.74, 6) is 1.08. The fourth-order valence-electron chi connectivity index (χ4n) is 2.52. The number of nitrogens with zero attached hydrogens (tertiary/aromatic N) is 4. The topological polar surface area (TPSA) is 85.8 Å². The van der Waals surface area contributed by atoms with E-state index in [1.165, 1.54) is 17.3 Å². The van der Waals surface area contributed by atoms with Crippen molar-refractivity contribution in [1.29, 1.82) is 0 Å². The molecule has 1 atom stereocenters. The zero-order chi connectivity index (χ0) is 18.7. The number of carbonyl (C=O) groups excluding carboxylic acids is 1. The van der Waals surface area contributed by atoms with E-state index in [0.717, 1.165) is 16.4 Å². The quantitative estimate of drug-likeness (QED) is 0.670. The number of rotatable bonds is 6. The predicted molar refractivity (Wildman–Crippen MR) is 99.4 cm³/mol. The van der Waals surface area contributed by atoms with Crippen molar-refractivity contribution in [2.24, 2.45) is 0 Å². The van der Waals surface area contributed by atoms with Crippen LogP contribution in [0, 0.1) is 20.8 Å². The van der Waals surface area contributed by atoms with Crippen LogP contribution < -0.4 is 5.32 Å². The van der Waals surface area contributed by atoms with Crippen molar-refractivity contribution in [1.82, 2.24) is 25.0 Å². The van der Waals surface area contributed by atoms with Gasteiger partial charge < -0.3 is 9.84 Å². The number of benzene rings is 1. The molecule has 0 fully saturated rings. The largest absolute Gasteiger partial charge is 0.344 e. The molecule has 2 aromatic heterocycles. The normalized spacial score (nSPS) is 12.2. The van der Waals surface area contributed by atoms with Crippen LogP contribution in [0.15, 0.2) is 40.3 Å². The first-order valence-electron chi connectivity index (χ1n) is 8.27. The second kappa shape index (κ2) is 7.74. The summed E-state index contributed by atoms with van der Waals surface area (Å²) in [7, 11) is 0. The van der Waals surface area contributed by atoms with Crippen LogP contribution in [-0.2, 0) is 4.79 Å². The van der Waals surface area contributed by atoms with Gasteiger partial charge in [-0.3, -0.25) is 9.36 Å². The highest BCUT2D eigenvalue weighted by atomic mass is 32.2. The molecule has 3 aromatic rings. The molecule has 1 unspecified atom stereocenters. The summed E-state index contributed by atoms with van der Waals surface area (Å²) in [5, 5.41) is 7.37. The van der Waals surface area contributed by atoms with Gasteiger partial charge in [0.2, 0.25) is 11.8 Å². The number of hydrogen-bond acceptors (Lipinski definition) is 6. The van der Waals surface area contributed by atoms with Crippen molar-refractivity contribution in [2.75, 3.05) is 5.75 Å². The molecular weight excluding hydrogens is 350 g/mol. The minimum atomic E-state index is -0.330. The monoisotopic (exact) mass is 371 g/mol. The van der Waals surface area contributed by atoms with Crippen molar-refractivity contribution in [2.45, 2.75) is 38.9 Å². The molecule has 0 aliphatic carbocycles. The second-order valence-electron chi connectivity index (χ2n) is 6.13. The molecule has 0 radical (unpaired) electrons. The molecule has 2 heterocycles. The van der Waals surface area contributed by atoms with E-state index < -0.39 is 0 Å². The number of amides is 1. The molecule has 0 spiro atoms. The van der Waals surface area contributed by atoms with Gasteiger partial charge in [-0.2, -0.15) is 4.98 Å². The number of aryl methyl sites for hydroxylation is 3. The molecule has 7 nitrogen and oxygen atoms in total. The zero-order valence-electron chi connectivity index (χ0n) is 15.2. The summed E-state index contributed by atoms with van der Waals surface area (Å²) in [5.41, 5.74) is 3.40. The van der Waals surface area contributed by atoms with E-state index in [2.05, 4.69) is 52.5 Å². The summed E-state index contributed by atoms with van der Waals surface area (Å²) in [6.45, 7) is 7.67. The fraction of sp³-hybridized carbons (Fsp3) is 0.333. The van der Waals surface area contributed by atoms with Gasteiger partial charge in [0, 0.05) is 12.4 Å².